The van der Waals surface area contributed by atoms with Crippen LogP contribution in [-0.4, -0.2) is 59.5 Å². The van der Waals surface area contributed by atoms with E-state index >= 15 is 0 Å². The molecule has 1 saturated heterocycles. The summed E-state index contributed by atoms with van der Waals surface area (Å²) >= 11 is 0. The molecule has 0 aliphatic carbocycles. The van der Waals surface area contributed by atoms with Crippen LogP contribution in [0.5, 0.6) is 0 Å². The molecule has 0 saturated carbocycles. The third-order valence-electron chi connectivity index (χ3n) is 4.77. The first-order valence-electron chi connectivity index (χ1n) is 9.42. The number of carbonyl (C=O) groups is 2. The van der Waals surface area contributed by atoms with E-state index in [4.69, 9.17) is 4.74 Å². The molecule has 0 radical (unpaired) electrons. The van der Waals surface area contributed by atoms with Gasteiger partial charge in [-0.3, -0.25) is 9.00 Å². The van der Waals surface area contributed by atoms with Crippen molar-refractivity contribution in [2.45, 2.75) is 11.8 Å². The molecule has 29 heavy (non-hydrogen) atoms. The lowest BCUT2D eigenvalue weighted by Crippen LogP contribution is -2.49. The molecule has 6 nitrogen and oxygen atoms in total. The van der Waals surface area contributed by atoms with Crippen molar-refractivity contribution in [3.63, 3.8) is 0 Å². The third kappa shape index (κ3) is 5.20. The molecule has 1 aliphatic heterocycles. The molecule has 0 aromatic heterocycles. The van der Waals surface area contributed by atoms with Crippen LogP contribution in [0.15, 0.2) is 53.4 Å². The molecular formula is C21H23FN2O4S. The van der Waals surface area contributed by atoms with Crippen LogP contribution in [-0.2, 0) is 20.3 Å². The predicted molar refractivity (Wildman–Crippen MR) is 109 cm³/mol. The molecular weight excluding hydrogens is 395 g/mol. The normalized spacial score (nSPS) is 15.1. The Balaban J connectivity index is 1.52. The summed E-state index contributed by atoms with van der Waals surface area (Å²) in [7, 11) is -1.29. The summed E-state index contributed by atoms with van der Waals surface area (Å²) in [4.78, 5) is 28.9. The fourth-order valence-electron chi connectivity index (χ4n) is 3.15. The summed E-state index contributed by atoms with van der Waals surface area (Å²) in [6.45, 7) is 3.62. The Morgan fingerprint density at radius 1 is 1.03 bits per heavy atom. The van der Waals surface area contributed by atoms with Gasteiger partial charge in [0.05, 0.1) is 21.3 Å². The molecule has 1 heterocycles. The van der Waals surface area contributed by atoms with Gasteiger partial charge in [0.1, 0.15) is 5.82 Å². The van der Waals surface area contributed by atoms with Gasteiger partial charge in [0.15, 0.2) is 6.61 Å². The molecule has 0 spiro atoms. The van der Waals surface area contributed by atoms with Crippen molar-refractivity contribution in [1.29, 1.82) is 0 Å². The highest BCUT2D eigenvalue weighted by molar-refractivity contribution is 7.85. The number of halogens is 1. The van der Waals surface area contributed by atoms with Gasteiger partial charge in [0.25, 0.3) is 5.91 Å². The molecule has 8 heteroatoms. The second-order valence-corrected chi connectivity index (χ2v) is 8.26. The average molecular weight is 418 g/mol. The van der Waals surface area contributed by atoms with E-state index in [1.54, 1.807) is 48.2 Å². The zero-order valence-electron chi connectivity index (χ0n) is 16.2. The summed E-state index contributed by atoms with van der Waals surface area (Å²) in [5.74, 6) is -0.817. The molecule has 1 aliphatic rings. The van der Waals surface area contributed by atoms with E-state index in [1.807, 2.05) is 0 Å². The quantitative estimate of drug-likeness (QED) is 0.675. The fraction of sp³-hybridized carbons (Fsp3) is 0.333. The lowest BCUT2D eigenvalue weighted by Gasteiger charge is -2.36. The van der Waals surface area contributed by atoms with Crippen LogP contribution in [0.25, 0.3) is 0 Å². The lowest BCUT2D eigenvalue weighted by atomic mass is 10.2. The Bertz CT molecular complexity index is 896. The third-order valence-corrected chi connectivity index (χ3v) is 6.14. The van der Waals surface area contributed by atoms with Crippen LogP contribution < -0.4 is 4.90 Å². The number of amides is 1. The summed E-state index contributed by atoms with van der Waals surface area (Å²) in [6.07, 6.45) is 0. The maximum atomic E-state index is 13.1. The highest BCUT2D eigenvalue weighted by atomic mass is 32.2. The number of anilines is 1. The molecule has 0 bridgehead atoms. The largest absolute Gasteiger partial charge is 0.452 e. The maximum Gasteiger partial charge on any atom is 0.339 e. The van der Waals surface area contributed by atoms with Crippen molar-refractivity contribution in [3.05, 3.63) is 59.9 Å². The molecule has 2 aromatic carbocycles. The summed E-state index contributed by atoms with van der Waals surface area (Å²) < 4.78 is 30.3. The number of hydrogen-bond acceptors (Lipinski definition) is 5. The van der Waals surface area contributed by atoms with Gasteiger partial charge in [0.2, 0.25) is 0 Å². The average Bonchev–Trinajstić information content (AvgIpc) is 2.77. The Hall–Kier alpha value is -2.74. The van der Waals surface area contributed by atoms with Crippen LogP contribution in [0.1, 0.15) is 17.3 Å². The molecule has 0 unspecified atom stereocenters. The number of carbonyl (C=O) groups excluding carboxylic acids is 2. The number of piperazine rings is 1. The topological polar surface area (TPSA) is 66.9 Å². The van der Waals surface area contributed by atoms with E-state index in [0.29, 0.717) is 36.8 Å². The Labute approximate surface area is 171 Å². The van der Waals surface area contributed by atoms with Gasteiger partial charge in [-0.25, -0.2) is 9.18 Å². The first-order valence-corrected chi connectivity index (χ1v) is 10.7. The van der Waals surface area contributed by atoms with Gasteiger partial charge in [-0.05, 0) is 36.4 Å². The van der Waals surface area contributed by atoms with Crippen LogP contribution in [0.3, 0.4) is 0 Å². The molecule has 1 atom stereocenters. The lowest BCUT2D eigenvalue weighted by molar-refractivity contribution is -0.134. The number of hydrogen-bond donors (Lipinski definition) is 0. The standard InChI is InChI=1S/C21H23FN2O4S/c1-2-29(27)19-6-4-3-5-18(19)21(26)28-15-20(25)24-13-11-23(12-14-24)17-9-7-16(22)8-10-17/h3-10H,2,11-15H2,1H3/t29-/m0/s1. The van der Waals surface area contributed by atoms with Crippen molar-refractivity contribution < 1.29 is 22.9 Å². The highest BCUT2D eigenvalue weighted by Gasteiger charge is 2.23. The number of ether oxygens (including phenoxy) is 1. The smallest absolute Gasteiger partial charge is 0.339 e. The molecule has 3 rings (SSSR count). The van der Waals surface area contributed by atoms with Gasteiger partial charge in [0, 0.05) is 37.6 Å². The SMILES string of the molecule is CC[S@](=O)c1ccccc1C(=O)OCC(=O)N1CCN(c2ccc(F)cc2)CC1. The highest BCUT2D eigenvalue weighted by Crippen LogP contribution is 2.18. The van der Waals surface area contributed by atoms with E-state index in [0.717, 1.165) is 5.69 Å². The molecule has 0 N–H and O–H groups in total. The van der Waals surface area contributed by atoms with E-state index in [-0.39, 0.29) is 23.9 Å². The number of benzene rings is 2. The number of esters is 1. The van der Waals surface area contributed by atoms with Crippen LogP contribution >= 0.6 is 0 Å². The Morgan fingerprint density at radius 2 is 1.69 bits per heavy atom. The van der Waals surface area contributed by atoms with Gasteiger partial charge < -0.3 is 14.5 Å². The Morgan fingerprint density at radius 3 is 2.34 bits per heavy atom. The molecule has 2 aromatic rings. The first-order chi connectivity index (χ1) is 14.0. The number of rotatable bonds is 6. The van der Waals surface area contributed by atoms with Crippen molar-refractivity contribution in [2.75, 3.05) is 43.4 Å². The first kappa shape index (κ1) is 21.0. The van der Waals surface area contributed by atoms with Crippen LogP contribution in [0.2, 0.25) is 0 Å². The predicted octanol–water partition coefficient (Wildman–Crippen LogP) is 2.46. The zero-order valence-corrected chi connectivity index (χ0v) is 17.0. The summed E-state index contributed by atoms with van der Waals surface area (Å²) in [5.41, 5.74) is 1.13. The maximum absolute atomic E-state index is 13.1. The van der Waals surface area contributed by atoms with Crippen LogP contribution in [0.4, 0.5) is 10.1 Å². The summed E-state index contributed by atoms with van der Waals surface area (Å²) in [6, 6.07) is 12.8. The fourth-order valence-corrected chi connectivity index (χ4v) is 4.09. The molecule has 1 fully saturated rings. The van der Waals surface area contributed by atoms with Crippen molar-refractivity contribution >= 4 is 28.4 Å². The number of nitrogens with zero attached hydrogens (tertiary/aromatic N) is 2. The summed E-state index contributed by atoms with van der Waals surface area (Å²) in [5, 5.41) is 0. The van der Waals surface area contributed by atoms with Crippen molar-refractivity contribution in [2.24, 2.45) is 0 Å². The van der Waals surface area contributed by atoms with Crippen LogP contribution in [0, 0.1) is 5.82 Å². The molecule has 1 amide bonds. The van der Waals surface area contributed by atoms with E-state index < -0.39 is 16.8 Å². The van der Waals surface area contributed by atoms with E-state index in [1.165, 1.54) is 12.1 Å². The van der Waals surface area contributed by atoms with Crippen molar-refractivity contribution in [3.8, 4) is 0 Å². The Kier molecular flexibility index (Phi) is 6.98. The van der Waals surface area contributed by atoms with Gasteiger partial charge in [-0.1, -0.05) is 19.1 Å². The zero-order chi connectivity index (χ0) is 20.8. The monoisotopic (exact) mass is 418 g/mol. The minimum absolute atomic E-state index is 0.224. The van der Waals surface area contributed by atoms with E-state index in [9.17, 15) is 18.2 Å². The minimum atomic E-state index is -1.29. The molecule has 154 valence electrons. The second kappa shape index (κ2) is 9.65. The minimum Gasteiger partial charge on any atom is -0.452 e. The van der Waals surface area contributed by atoms with Gasteiger partial charge in [-0.15, -0.1) is 0 Å². The van der Waals surface area contributed by atoms with Gasteiger partial charge in [-0.2, -0.15) is 0 Å². The van der Waals surface area contributed by atoms with E-state index in [2.05, 4.69) is 4.90 Å². The second-order valence-electron chi connectivity index (χ2n) is 6.55. The van der Waals surface area contributed by atoms with Gasteiger partial charge >= 0.3 is 5.97 Å². The van der Waals surface area contributed by atoms with Crippen molar-refractivity contribution in [1.82, 2.24) is 4.90 Å².